The van der Waals surface area contributed by atoms with Crippen molar-refractivity contribution in [3.8, 4) is 0 Å². The molecule has 14 nitrogen and oxygen atoms in total. The number of Topliss-reactive ketones (excluding diaryl/α,β-unsaturated/α-hetero) is 2. The van der Waals surface area contributed by atoms with Crippen LogP contribution in [-0.4, -0.2) is 47.3 Å². The number of nitrogens with one attached hydrogen (secondary N) is 4. The lowest BCUT2D eigenvalue weighted by Gasteiger charge is -2.17. The summed E-state index contributed by atoms with van der Waals surface area (Å²) in [6, 6.07) is 13.3. The average molecular weight is 1020 g/mol. The second kappa shape index (κ2) is 21.5. The number of benzene rings is 5. The number of amides is 4. The van der Waals surface area contributed by atoms with E-state index in [-0.39, 0.29) is 43.9 Å². The maximum atomic E-state index is 13.7. The minimum absolute atomic E-state index is 0.161. The minimum atomic E-state index is -4.91. The van der Waals surface area contributed by atoms with Gasteiger partial charge in [0.25, 0.3) is 23.6 Å². The van der Waals surface area contributed by atoms with E-state index in [1.807, 2.05) is 0 Å². The van der Waals surface area contributed by atoms with E-state index >= 15 is 0 Å². The Morgan fingerprint density at radius 1 is 0.500 bits per heavy atom. The molecule has 5 aromatic carbocycles. The van der Waals surface area contributed by atoms with Gasteiger partial charge >= 0.3 is 12.4 Å². The van der Waals surface area contributed by atoms with Crippen LogP contribution < -0.4 is 21.3 Å². The summed E-state index contributed by atoms with van der Waals surface area (Å²) in [6.45, 7) is 5.18. The number of anilines is 4. The molecule has 0 fully saturated rings. The third-order valence-electron chi connectivity index (χ3n) is 9.45. The number of hydrogen-bond acceptors (Lipinski definition) is 10. The van der Waals surface area contributed by atoms with E-state index in [1.165, 1.54) is 74.5 Å². The molecule has 4 amide bonds. The number of azo groups is 2. The Morgan fingerprint density at radius 2 is 0.838 bits per heavy atom. The van der Waals surface area contributed by atoms with Crippen LogP contribution in [0, 0.1) is 13.8 Å². The third kappa shape index (κ3) is 12.4. The quantitative estimate of drug-likeness (QED) is 0.0484. The number of nitrogens with zero attached hydrogens (tertiary/aromatic N) is 4. The maximum absolute atomic E-state index is 13.7. The van der Waals surface area contributed by atoms with Crippen molar-refractivity contribution in [2.75, 3.05) is 21.3 Å². The number of carbonyl (C=O) groups is 6. The number of ketones is 2. The number of halogens is 10. The average Bonchev–Trinajstić information content (AvgIpc) is 3.22. The molecule has 5 aromatic rings. The third-order valence-corrected chi connectivity index (χ3v) is 10.9. The molecule has 354 valence electrons. The highest BCUT2D eigenvalue weighted by Crippen LogP contribution is 2.42. The normalized spacial score (nSPS) is 12.7. The Morgan fingerprint density at radius 3 is 1.16 bits per heavy atom. The zero-order valence-corrected chi connectivity index (χ0v) is 38.3. The fraction of sp³-hybridized carbons (Fsp3) is 0.182. The summed E-state index contributed by atoms with van der Waals surface area (Å²) >= 11 is 24.3. The molecular formula is C44H32Cl4F6N8O6. The largest absolute Gasteiger partial charge is 0.419 e. The summed E-state index contributed by atoms with van der Waals surface area (Å²) in [5, 5.41) is 22.7. The van der Waals surface area contributed by atoms with Crippen LogP contribution >= 0.6 is 46.4 Å². The molecule has 0 heterocycles. The Balaban J connectivity index is 1.28. The van der Waals surface area contributed by atoms with Gasteiger partial charge < -0.3 is 21.3 Å². The van der Waals surface area contributed by atoms with Crippen LogP contribution in [0.15, 0.2) is 105 Å². The van der Waals surface area contributed by atoms with E-state index in [2.05, 4.69) is 41.7 Å². The van der Waals surface area contributed by atoms with Crippen molar-refractivity contribution in [2.24, 2.45) is 20.5 Å². The lowest BCUT2D eigenvalue weighted by molar-refractivity contribution is -0.137. The van der Waals surface area contributed by atoms with Crippen molar-refractivity contribution in [1.29, 1.82) is 0 Å². The molecule has 0 saturated carbocycles. The van der Waals surface area contributed by atoms with Crippen LogP contribution in [0.25, 0.3) is 0 Å². The Labute approximate surface area is 401 Å². The van der Waals surface area contributed by atoms with Crippen LogP contribution in [0.3, 0.4) is 0 Å². The van der Waals surface area contributed by atoms with Crippen molar-refractivity contribution in [2.45, 2.75) is 52.1 Å². The highest BCUT2D eigenvalue weighted by Gasteiger charge is 2.38. The summed E-state index contributed by atoms with van der Waals surface area (Å²) in [6.07, 6.45) is -9.82. The lowest BCUT2D eigenvalue weighted by Crippen LogP contribution is -2.32. The van der Waals surface area contributed by atoms with Gasteiger partial charge in [0.1, 0.15) is 11.4 Å². The molecule has 0 saturated heterocycles. The van der Waals surface area contributed by atoms with Gasteiger partial charge in [-0.1, -0.05) is 70.7 Å². The molecule has 2 unspecified atom stereocenters. The van der Waals surface area contributed by atoms with Crippen LogP contribution in [0.1, 0.15) is 56.8 Å². The predicted octanol–water partition coefficient (Wildman–Crippen LogP) is 12.8. The molecule has 4 N–H and O–H groups in total. The molecule has 0 aliphatic heterocycles. The lowest BCUT2D eigenvalue weighted by atomic mass is 10.1. The van der Waals surface area contributed by atoms with Gasteiger partial charge in [0.2, 0.25) is 12.1 Å². The van der Waals surface area contributed by atoms with Gasteiger partial charge in [0.15, 0.2) is 11.6 Å². The molecule has 5 rings (SSSR count). The Hall–Kier alpha value is -6.74. The highest BCUT2D eigenvalue weighted by molar-refractivity contribution is 6.37. The molecule has 24 heteroatoms. The van der Waals surface area contributed by atoms with E-state index in [1.54, 1.807) is 0 Å². The molecule has 68 heavy (non-hydrogen) atoms. The Kier molecular flexibility index (Phi) is 16.5. The maximum Gasteiger partial charge on any atom is 0.419 e. The zero-order valence-electron chi connectivity index (χ0n) is 35.3. The van der Waals surface area contributed by atoms with Crippen molar-refractivity contribution < 1.29 is 55.1 Å². The van der Waals surface area contributed by atoms with Gasteiger partial charge in [-0.3, -0.25) is 28.8 Å². The van der Waals surface area contributed by atoms with E-state index in [9.17, 15) is 55.1 Å². The molecule has 0 aromatic heterocycles. The second-order valence-corrected chi connectivity index (χ2v) is 16.0. The number of carbonyl (C=O) groups excluding carboxylic acids is 6. The number of aryl methyl sites for hydroxylation is 2. The van der Waals surface area contributed by atoms with Crippen LogP contribution in [0.4, 0.5) is 60.5 Å². The molecule has 0 bridgehead atoms. The monoisotopic (exact) mass is 1020 g/mol. The summed E-state index contributed by atoms with van der Waals surface area (Å²) in [5.41, 5.74) is -3.90. The summed E-state index contributed by atoms with van der Waals surface area (Å²) in [5.74, 6) is -5.58. The minimum Gasteiger partial charge on any atom is -0.324 e. The summed E-state index contributed by atoms with van der Waals surface area (Å²) in [4.78, 5) is 78.1. The first-order valence-electron chi connectivity index (χ1n) is 19.3. The van der Waals surface area contributed by atoms with Crippen LogP contribution in [0.5, 0.6) is 0 Å². The zero-order chi connectivity index (χ0) is 50.4. The molecule has 0 aliphatic rings. The molecule has 0 spiro atoms. The highest BCUT2D eigenvalue weighted by atomic mass is 35.5. The van der Waals surface area contributed by atoms with Crippen LogP contribution in [-0.2, 0) is 31.5 Å². The summed E-state index contributed by atoms with van der Waals surface area (Å²) < 4.78 is 82.0. The first-order chi connectivity index (χ1) is 31.8. The molecule has 2 atom stereocenters. The fourth-order valence-corrected chi connectivity index (χ4v) is 7.18. The van der Waals surface area contributed by atoms with Gasteiger partial charge in [0, 0.05) is 11.4 Å². The van der Waals surface area contributed by atoms with E-state index < -0.39 is 92.2 Å². The van der Waals surface area contributed by atoms with E-state index in [0.717, 1.165) is 38.1 Å². The van der Waals surface area contributed by atoms with Crippen LogP contribution in [0.2, 0.25) is 20.1 Å². The van der Waals surface area contributed by atoms with Crippen molar-refractivity contribution >= 4 is 116 Å². The Bertz CT molecular complexity index is 2740. The molecule has 0 radical (unpaired) electrons. The first-order valence-corrected chi connectivity index (χ1v) is 20.8. The predicted molar refractivity (Wildman–Crippen MR) is 243 cm³/mol. The first kappa shape index (κ1) is 52.2. The van der Waals surface area contributed by atoms with Gasteiger partial charge in [0.05, 0.1) is 53.7 Å². The molecule has 0 aliphatic carbocycles. The van der Waals surface area contributed by atoms with E-state index in [4.69, 9.17) is 46.4 Å². The van der Waals surface area contributed by atoms with E-state index in [0.29, 0.717) is 11.1 Å². The van der Waals surface area contributed by atoms with Crippen molar-refractivity contribution in [1.82, 2.24) is 0 Å². The smallest absolute Gasteiger partial charge is 0.324 e. The second-order valence-electron chi connectivity index (χ2n) is 14.4. The van der Waals surface area contributed by atoms with Gasteiger partial charge in [-0.15, -0.1) is 0 Å². The van der Waals surface area contributed by atoms with Gasteiger partial charge in [-0.05, 0) is 99.5 Å². The van der Waals surface area contributed by atoms with Gasteiger partial charge in [-0.25, -0.2) is 0 Å². The fourth-order valence-electron chi connectivity index (χ4n) is 6.12. The number of alkyl halides is 6. The van der Waals surface area contributed by atoms with Crippen molar-refractivity contribution in [3.05, 3.63) is 138 Å². The van der Waals surface area contributed by atoms with Crippen molar-refractivity contribution in [3.63, 3.8) is 0 Å². The topological polar surface area (TPSA) is 200 Å². The summed E-state index contributed by atoms with van der Waals surface area (Å²) in [7, 11) is 0. The standard InChI is InChI=1S/C44H32Cl4F6N8O6/c1-19-17-32(58-42(68)38(22(4)64)62-60-30-16-6-10-24(36(30)48)40(66)56-28-14-8-12-26(46)34(28)44(52,53)54)20(2)18-31(19)57-41(67)37(21(3)63)61-59-29-15-5-9-23(35(29)47)39(65)55-27-13-7-11-25(45)33(27)43(49,50)51/h5-18,37-38H,1-4H3,(H,55,65)(H,56,66)(H,57,67)(H,58,68). The number of rotatable bonds is 14. The SMILES string of the molecule is CC(=O)C(N=Nc1cccc(C(=O)Nc2cccc(Cl)c2C(F)(F)F)c1Cl)C(=O)Nc1cc(C)c(NC(=O)C(N=Nc2cccc(C(=O)Nc3cccc(Cl)c3C(F)(F)F)c2Cl)C(C)=O)cc1C. The number of hydrogen-bond donors (Lipinski definition) is 4. The van der Waals surface area contributed by atoms with Gasteiger partial charge in [-0.2, -0.15) is 46.8 Å². The molecular weight excluding hydrogens is 992 g/mol.